The zero-order valence-electron chi connectivity index (χ0n) is 9.26. The van der Waals surface area contributed by atoms with E-state index in [1.807, 2.05) is 30.3 Å². The molecule has 1 unspecified atom stereocenters. The minimum Gasteiger partial charge on any atom is -0.348 e. The molecule has 0 bridgehead atoms. The summed E-state index contributed by atoms with van der Waals surface area (Å²) >= 11 is 0. The minimum absolute atomic E-state index is 0.211. The quantitative estimate of drug-likeness (QED) is 0.823. The van der Waals surface area contributed by atoms with Gasteiger partial charge in [-0.2, -0.15) is 0 Å². The van der Waals surface area contributed by atoms with Crippen LogP contribution in [0.25, 0.3) is 0 Å². The minimum atomic E-state index is -0.211. The maximum atomic E-state index is 5.83. The summed E-state index contributed by atoms with van der Waals surface area (Å²) in [7, 11) is 0. The lowest BCUT2D eigenvalue weighted by Crippen LogP contribution is -2.23. The van der Waals surface area contributed by atoms with E-state index in [4.69, 9.17) is 15.2 Å². The first-order chi connectivity index (χ1) is 7.84. The molecule has 1 saturated carbocycles. The van der Waals surface area contributed by atoms with Crippen molar-refractivity contribution in [3.05, 3.63) is 35.9 Å². The predicted molar refractivity (Wildman–Crippen MR) is 60.7 cm³/mol. The average Bonchev–Trinajstić information content (AvgIpc) is 3.04. The van der Waals surface area contributed by atoms with Crippen molar-refractivity contribution in [1.29, 1.82) is 0 Å². The summed E-state index contributed by atoms with van der Waals surface area (Å²) < 4.78 is 11.6. The Labute approximate surface area is 95.5 Å². The molecular weight excluding hydrogens is 202 g/mol. The maximum absolute atomic E-state index is 5.83. The number of rotatable bonds is 2. The van der Waals surface area contributed by atoms with Gasteiger partial charge in [-0.3, -0.25) is 0 Å². The van der Waals surface area contributed by atoms with Gasteiger partial charge in [0.25, 0.3) is 0 Å². The third-order valence-corrected chi connectivity index (χ3v) is 3.81. The van der Waals surface area contributed by atoms with Gasteiger partial charge in [-0.05, 0) is 12.3 Å². The Hall–Kier alpha value is -0.900. The Balaban J connectivity index is 1.72. The zero-order valence-corrected chi connectivity index (χ0v) is 9.26. The number of hydrogen-bond acceptors (Lipinski definition) is 3. The SMILES string of the molecule is NC[C@@]12COC(c3ccccc3)OC[C@@H]1C2. The Morgan fingerprint density at radius 3 is 2.81 bits per heavy atom. The molecule has 0 amide bonds. The van der Waals surface area contributed by atoms with Crippen molar-refractivity contribution in [2.75, 3.05) is 19.8 Å². The van der Waals surface area contributed by atoms with Gasteiger partial charge in [0.15, 0.2) is 6.29 Å². The van der Waals surface area contributed by atoms with Crippen LogP contribution in [-0.4, -0.2) is 19.8 Å². The fourth-order valence-corrected chi connectivity index (χ4v) is 2.45. The molecule has 0 aromatic heterocycles. The lowest BCUT2D eigenvalue weighted by molar-refractivity contribution is -0.141. The van der Waals surface area contributed by atoms with E-state index in [0.717, 1.165) is 25.2 Å². The van der Waals surface area contributed by atoms with Gasteiger partial charge >= 0.3 is 0 Å². The highest BCUT2D eigenvalue weighted by Crippen LogP contribution is 2.54. The standard InChI is InChI=1S/C13H17NO2/c14-8-13-6-11(13)7-15-12(16-9-13)10-4-2-1-3-5-10/h1-5,11-12H,6-9,14H2/t11-,12?,13-/m0/s1. The third kappa shape index (κ3) is 1.65. The van der Waals surface area contributed by atoms with Crippen LogP contribution >= 0.6 is 0 Å². The monoisotopic (exact) mass is 219 g/mol. The van der Waals surface area contributed by atoms with E-state index >= 15 is 0 Å². The van der Waals surface area contributed by atoms with Crippen molar-refractivity contribution >= 4 is 0 Å². The number of benzene rings is 1. The van der Waals surface area contributed by atoms with Crippen LogP contribution in [0.4, 0.5) is 0 Å². The molecule has 2 fully saturated rings. The topological polar surface area (TPSA) is 44.5 Å². The second-order valence-electron chi connectivity index (χ2n) is 4.85. The van der Waals surface area contributed by atoms with E-state index in [-0.39, 0.29) is 11.7 Å². The van der Waals surface area contributed by atoms with Crippen molar-refractivity contribution in [1.82, 2.24) is 0 Å². The first-order valence-electron chi connectivity index (χ1n) is 5.82. The zero-order chi connectivity index (χ0) is 11.0. The van der Waals surface area contributed by atoms with Crippen molar-refractivity contribution in [2.24, 2.45) is 17.1 Å². The van der Waals surface area contributed by atoms with Crippen LogP contribution < -0.4 is 5.73 Å². The van der Waals surface area contributed by atoms with Crippen LogP contribution in [-0.2, 0) is 9.47 Å². The average molecular weight is 219 g/mol. The molecule has 3 rings (SSSR count). The first kappa shape index (κ1) is 10.3. The summed E-state index contributed by atoms with van der Waals surface area (Å²) in [6.45, 7) is 2.22. The van der Waals surface area contributed by atoms with E-state index in [1.165, 1.54) is 0 Å². The summed E-state index contributed by atoms with van der Waals surface area (Å²) in [6.07, 6.45) is 0.947. The van der Waals surface area contributed by atoms with Crippen molar-refractivity contribution in [2.45, 2.75) is 12.7 Å². The van der Waals surface area contributed by atoms with Gasteiger partial charge in [0.2, 0.25) is 0 Å². The van der Waals surface area contributed by atoms with Crippen molar-refractivity contribution in [3.8, 4) is 0 Å². The lowest BCUT2D eigenvalue weighted by atomic mass is 10.1. The van der Waals surface area contributed by atoms with Gasteiger partial charge in [0.1, 0.15) is 0 Å². The molecule has 3 atom stereocenters. The molecule has 1 saturated heterocycles. The molecule has 3 nitrogen and oxygen atoms in total. The Kier molecular flexibility index (Phi) is 2.46. The molecule has 0 radical (unpaired) electrons. The molecule has 2 N–H and O–H groups in total. The molecule has 86 valence electrons. The summed E-state index contributed by atoms with van der Waals surface area (Å²) in [5.74, 6) is 0.603. The van der Waals surface area contributed by atoms with Crippen LogP contribution in [0.1, 0.15) is 18.3 Å². The van der Waals surface area contributed by atoms with Crippen molar-refractivity contribution < 1.29 is 9.47 Å². The van der Waals surface area contributed by atoms with E-state index in [2.05, 4.69) is 0 Å². The number of fused-ring (bicyclic) bond motifs is 1. The Morgan fingerprint density at radius 2 is 2.06 bits per heavy atom. The van der Waals surface area contributed by atoms with Gasteiger partial charge in [-0.1, -0.05) is 30.3 Å². The van der Waals surface area contributed by atoms with Gasteiger partial charge in [-0.25, -0.2) is 0 Å². The third-order valence-electron chi connectivity index (χ3n) is 3.81. The summed E-state index contributed by atoms with van der Waals surface area (Å²) in [5, 5.41) is 0. The predicted octanol–water partition coefficient (Wildman–Crippen LogP) is 1.70. The molecule has 1 aliphatic carbocycles. The van der Waals surface area contributed by atoms with Crippen LogP contribution in [0, 0.1) is 11.3 Å². The highest BCUT2D eigenvalue weighted by molar-refractivity contribution is 5.16. The normalized spacial score (nSPS) is 37.6. The Morgan fingerprint density at radius 1 is 1.25 bits per heavy atom. The largest absolute Gasteiger partial charge is 0.348 e. The molecule has 1 heterocycles. The number of hydrogen-bond donors (Lipinski definition) is 1. The van der Waals surface area contributed by atoms with E-state index in [0.29, 0.717) is 12.5 Å². The highest BCUT2D eigenvalue weighted by Gasteiger charge is 2.55. The molecule has 16 heavy (non-hydrogen) atoms. The summed E-state index contributed by atoms with van der Waals surface area (Å²) in [6, 6.07) is 10.1. The van der Waals surface area contributed by atoms with Crippen LogP contribution in [0.2, 0.25) is 0 Å². The second-order valence-corrected chi connectivity index (χ2v) is 4.85. The molecule has 1 aliphatic heterocycles. The molecule has 3 heteroatoms. The highest BCUT2D eigenvalue weighted by atomic mass is 16.7. The molecule has 2 aliphatic rings. The first-order valence-corrected chi connectivity index (χ1v) is 5.82. The summed E-state index contributed by atoms with van der Waals surface area (Å²) in [5.41, 5.74) is 7.10. The molecule has 0 spiro atoms. The summed E-state index contributed by atoms with van der Waals surface area (Å²) in [4.78, 5) is 0. The van der Waals surface area contributed by atoms with E-state index in [9.17, 15) is 0 Å². The number of ether oxygens (including phenoxy) is 2. The maximum Gasteiger partial charge on any atom is 0.183 e. The number of nitrogens with two attached hydrogens (primary N) is 1. The van der Waals surface area contributed by atoms with Gasteiger partial charge in [0.05, 0.1) is 13.2 Å². The fraction of sp³-hybridized carbons (Fsp3) is 0.538. The van der Waals surface area contributed by atoms with Gasteiger partial charge in [0, 0.05) is 17.5 Å². The molecule has 1 aromatic carbocycles. The van der Waals surface area contributed by atoms with Crippen LogP contribution in [0.5, 0.6) is 0 Å². The molecule has 1 aromatic rings. The van der Waals surface area contributed by atoms with Gasteiger partial charge < -0.3 is 15.2 Å². The van der Waals surface area contributed by atoms with Crippen molar-refractivity contribution in [3.63, 3.8) is 0 Å². The molecular formula is C13H17NO2. The lowest BCUT2D eigenvalue weighted by Gasteiger charge is -2.18. The van der Waals surface area contributed by atoms with E-state index in [1.54, 1.807) is 0 Å². The van der Waals surface area contributed by atoms with Crippen LogP contribution in [0.15, 0.2) is 30.3 Å². The fourth-order valence-electron chi connectivity index (χ4n) is 2.45. The second kappa shape index (κ2) is 3.84. The van der Waals surface area contributed by atoms with E-state index < -0.39 is 0 Å². The van der Waals surface area contributed by atoms with Gasteiger partial charge in [-0.15, -0.1) is 0 Å². The van der Waals surface area contributed by atoms with Crippen LogP contribution in [0.3, 0.4) is 0 Å². The smallest absolute Gasteiger partial charge is 0.183 e. The Bertz CT molecular complexity index is 367.